The molecule has 0 spiro atoms. The van der Waals surface area contributed by atoms with Crippen molar-refractivity contribution in [3.63, 3.8) is 0 Å². The summed E-state index contributed by atoms with van der Waals surface area (Å²) in [6.07, 6.45) is 8.30. The number of halogens is 2. The third-order valence-corrected chi connectivity index (χ3v) is 5.53. The molecule has 5 rings (SSSR count). The van der Waals surface area contributed by atoms with Gasteiger partial charge in [-0.15, -0.1) is 0 Å². The second-order valence-electron chi connectivity index (χ2n) is 7.12. The summed E-state index contributed by atoms with van der Waals surface area (Å²) in [7, 11) is 0. The van der Waals surface area contributed by atoms with Crippen LogP contribution in [0.4, 0.5) is 14.6 Å². The highest BCUT2D eigenvalue weighted by Gasteiger charge is 2.48. The van der Waals surface area contributed by atoms with E-state index in [0.717, 1.165) is 18.8 Å². The van der Waals surface area contributed by atoms with E-state index in [0.29, 0.717) is 16.6 Å². The molecule has 1 saturated carbocycles. The minimum absolute atomic E-state index is 0.00954. The van der Waals surface area contributed by atoms with Gasteiger partial charge < -0.3 is 15.4 Å². The number of pyridine rings is 1. The zero-order valence-corrected chi connectivity index (χ0v) is 14.4. The Morgan fingerprint density at radius 3 is 2.86 bits per heavy atom. The molecule has 3 N–H and O–H groups in total. The molecule has 0 aliphatic heterocycles. The number of fused-ring (bicyclic) bond motifs is 3. The smallest absolute Gasteiger partial charge is 0.309 e. The number of anilines is 1. The summed E-state index contributed by atoms with van der Waals surface area (Å²) in [6, 6.07) is 0.849. The highest BCUT2D eigenvalue weighted by molar-refractivity contribution is 5.91. The number of nitrogens with one attached hydrogen (secondary N) is 2. The first kappa shape index (κ1) is 16.8. The van der Waals surface area contributed by atoms with Gasteiger partial charge in [0.2, 0.25) is 0 Å². The predicted molar refractivity (Wildman–Crippen MR) is 96.3 cm³/mol. The largest absolute Gasteiger partial charge is 0.481 e. The summed E-state index contributed by atoms with van der Waals surface area (Å²) in [5.74, 6) is -2.67. The van der Waals surface area contributed by atoms with E-state index in [9.17, 15) is 18.7 Å². The standard InChI is InChI=1S/C19H15F2N5O2/c20-10-4-11-12(6-23-16(11)22-5-10)17-24-7-13(21)18(26-17)25-15-9-2-1-8(3-9)14(15)19(27)28/h1-2,4-9,14-15H,3H2,(H,22,23)(H,27,28)(H,24,25,26)/t8?,9?,14-,15-/m0/s1. The first-order chi connectivity index (χ1) is 13.5. The van der Waals surface area contributed by atoms with Crippen LogP contribution in [-0.2, 0) is 4.79 Å². The van der Waals surface area contributed by atoms with Crippen molar-refractivity contribution < 1.29 is 18.7 Å². The molecule has 1 fully saturated rings. The topological polar surface area (TPSA) is 104 Å². The minimum Gasteiger partial charge on any atom is -0.481 e. The van der Waals surface area contributed by atoms with Crippen molar-refractivity contribution in [1.29, 1.82) is 0 Å². The number of aromatic nitrogens is 4. The fraction of sp³-hybridized carbons (Fsp3) is 0.263. The zero-order chi connectivity index (χ0) is 19.4. The molecule has 3 aromatic rings. The predicted octanol–water partition coefficient (Wildman–Crippen LogP) is 2.99. The molecule has 7 nitrogen and oxygen atoms in total. The number of hydrogen-bond donors (Lipinski definition) is 3. The van der Waals surface area contributed by atoms with E-state index in [-0.39, 0.29) is 23.5 Å². The number of carbonyl (C=O) groups is 1. The van der Waals surface area contributed by atoms with Crippen molar-refractivity contribution >= 4 is 22.8 Å². The lowest BCUT2D eigenvalue weighted by Crippen LogP contribution is -2.38. The van der Waals surface area contributed by atoms with Gasteiger partial charge in [0, 0.05) is 23.2 Å². The Labute approximate surface area is 157 Å². The number of H-pyrrole nitrogens is 1. The van der Waals surface area contributed by atoms with Crippen LogP contribution in [0.2, 0.25) is 0 Å². The zero-order valence-electron chi connectivity index (χ0n) is 14.4. The van der Waals surface area contributed by atoms with E-state index in [4.69, 9.17) is 0 Å². The van der Waals surface area contributed by atoms with E-state index in [1.807, 2.05) is 12.2 Å². The van der Waals surface area contributed by atoms with Gasteiger partial charge in [-0.1, -0.05) is 12.2 Å². The Bertz CT molecular complexity index is 1130. The number of aromatic amines is 1. The average Bonchev–Trinajstić information content (AvgIpc) is 3.37. The maximum atomic E-state index is 14.4. The van der Waals surface area contributed by atoms with Gasteiger partial charge in [0.25, 0.3) is 0 Å². The summed E-state index contributed by atoms with van der Waals surface area (Å²) < 4.78 is 28.0. The number of carboxylic acid groups (broad SMARTS) is 1. The van der Waals surface area contributed by atoms with Crippen molar-refractivity contribution in [3.05, 3.63) is 48.4 Å². The van der Waals surface area contributed by atoms with Gasteiger partial charge in [-0.05, 0) is 24.3 Å². The van der Waals surface area contributed by atoms with Crippen LogP contribution in [0.5, 0.6) is 0 Å². The monoisotopic (exact) mass is 383 g/mol. The Morgan fingerprint density at radius 1 is 1.21 bits per heavy atom. The molecule has 142 valence electrons. The molecular formula is C19H15F2N5O2. The Hall–Kier alpha value is -3.36. The van der Waals surface area contributed by atoms with Crippen LogP contribution in [-0.4, -0.2) is 37.1 Å². The van der Waals surface area contributed by atoms with E-state index >= 15 is 0 Å². The highest BCUT2D eigenvalue weighted by Crippen LogP contribution is 2.45. The van der Waals surface area contributed by atoms with E-state index < -0.39 is 29.6 Å². The van der Waals surface area contributed by atoms with Crippen molar-refractivity contribution in [2.75, 3.05) is 5.32 Å². The molecule has 9 heteroatoms. The van der Waals surface area contributed by atoms with Gasteiger partial charge in [0.1, 0.15) is 11.5 Å². The maximum Gasteiger partial charge on any atom is 0.309 e. The maximum absolute atomic E-state index is 14.4. The summed E-state index contributed by atoms with van der Waals surface area (Å²) in [5, 5.41) is 13.0. The lowest BCUT2D eigenvalue weighted by Gasteiger charge is -2.26. The van der Waals surface area contributed by atoms with Crippen molar-refractivity contribution in [2.45, 2.75) is 12.5 Å². The van der Waals surface area contributed by atoms with E-state index in [1.165, 1.54) is 6.07 Å². The number of hydrogen-bond acceptors (Lipinski definition) is 5. The Kier molecular flexibility index (Phi) is 3.65. The van der Waals surface area contributed by atoms with Crippen LogP contribution in [0, 0.1) is 29.4 Å². The number of rotatable bonds is 4. The molecule has 3 aromatic heterocycles. The van der Waals surface area contributed by atoms with E-state index in [2.05, 4.69) is 25.3 Å². The molecule has 0 aromatic carbocycles. The molecule has 0 amide bonds. The fourth-order valence-electron chi connectivity index (χ4n) is 4.27. The number of carboxylic acids is 1. The minimum atomic E-state index is -0.915. The van der Waals surface area contributed by atoms with Gasteiger partial charge >= 0.3 is 5.97 Å². The summed E-state index contributed by atoms with van der Waals surface area (Å²) >= 11 is 0. The van der Waals surface area contributed by atoms with Crippen LogP contribution in [0.1, 0.15) is 6.42 Å². The fourth-order valence-corrected chi connectivity index (χ4v) is 4.27. The van der Waals surface area contributed by atoms with Crippen LogP contribution in [0.3, 0.4) is 0 Å². The quantitative estimate of drug-likeness (QED) is 0.599. The van der Waals surface area contributed by atoms with Crippen molar-refractivity contribution in [1.82, 2.24) is 19.9 Å². The number of aliphatic carboxylic acids is 1. The van der Waals surface area contributed by atoms with Crippen molar-refractivity contribution in [2.24, 2.45) is 17.8 Å². The van der Waals surface area contributed by atoms with Gasteiger partial charge in [0.05, 0.1) is 18.3 Å². The SMILES string of the molecule is O=C(O)[C@H]1C2C=CC(C2)[C@@H]1Nc1nc(-c2c[nH]c3ncc(F)cc23)ncc1F. The summed E-state index contributed by atoms with van der Waals surface area (Å²) in [5.41, 5.74) is 0.940. The second-order valence-corrected chi connectivity index (χ2v) is 7.12. The first-order valence-electron chi connectivity index (χ1n) is 8.84. The lowest BCUT2D eigenvalue weighted by molar-refractivity contribution is -0.142. The molecule has 2 aliphatic carbocycles. The highest BCUT2D eigenvalue weighted by atomic mass is 19.1. The third kappa shape index (κ3) is 2.54. The molecule has 0 saturated heterocycles. The Morgan fingerprint density at radius 2 is 2.04 bits per heavy atom. The van der Waals surface area contributed by atoms with Gasteiger partial charge in [-0.2, -0.15) is 0 Å². The first-order valence-corrected chi connectivity index (χ1v) is 8.84. The molecule has 0 radical (unpaired) electrons. The molecule has 28 heavy (non-hydrogen) atoms. The molecule has 2 bridgehead atoms. The molecular weight excluding hydrogens is 368 g/mol. The number of allylic oxidation sites excluding steroid dienone is 1. The molecule has 3 heterocycles. The second kappa shape index (κ2) is 6.08. The molecule has 2 aliphatic rings. The normalized spacial score (nSPS) is 25.5. The van der Waals surface area contributed by atoms with Crippen LogP contribution >= 0.6 is 0 Å². The van der Waals surface area contributed by atoms with Gasteiger partial charge in [-0.25, -0.2) is 23.7 Å². The average molecular weight is 383 g/mol. The molecule has 2 unspecified atom stereocenters. The van der Waals surface area contributed by atoms with Crippen LogP contribution in [0.25, 0.3) is 22.4 Å². The van der Waals surface area contributed by atoms with E-state index in [1.54, 1.807) is 6.20 Å². The third-order valence-electron chi connectivity index (χ3n) is 5.53. The van der Waals surface area contributed by atoms with Crippen molar-refractivity contribution in [3.8, 4) is 11.4 Å². The Balaban J connectivity index is 1.52. The van der Waals surface area contributed by atoms with Gasteiger partial charge in [0.15, 0.2) is 17.5 Å². The van der Waals surface area contributed by atoms with Gasteiger partial charge in [-0.3, -0.25) is 4.79 Å². The number of nitrogens with zero attached hydrogens (tertiary/aromatic N) is 3. The van der Waals surface area contributed by atoms with Crippen LogP contribution in [0.15, 0.2) is 36.8 Å². The molecule has 4 atom stereocenters. The van der Waals surface area contributed by atoms with Crippen LogP contribution < -0.4 is 5.32 Å². The lowest BCUT2D eigenvalue weighted by atomic mass is 9.89. The summed E-state index contributed by atoms with van der Waals surface area (Å²) in [6.45, 7) is 0. The summed E-state index contributed by atoms with van der Waals surface area (Å²) in [4.78, 5) is 26.8.